The molecule has 0 fully saturated rings. The van der Waals surface area contributed by atoms with Crippen LogP contribution in [0.5, 0.6) is 0 Å². The molecule has 0 saturated heterocycles. The summed E-state index contributed by atoms with van der Waals surface area (Å²) in [4.78, 5) is 10.2. The molecule has 0 aliphatic rings. The fraction of sp³-hybridized carbons (Fsp3) is 0.143. The molecule has 0 unspecified atom stereocenters. The Morgan fingerprint density at radius 3 is 2.00 bits per heavy atom. The molecule has 0 aliphatic heterocycles. The summed E-state index contributed by atoms with van der Waals surface area (Å²) < 4.78 is 41.5. The highest BCUT2D eigenvalue weighted by atomic mass is 32.2. The van der Waals surface area contributed by atoms with Crippen molar-refractivity contribution in [2.24, 2.45) is 0 Å². The summed E-state index contributed by atoms with van der Waals surface area (Å²) in [6.07, 6.45) is 0. The lowest BCUT2D eigenvalue weighted by molar-refractivity contribution is -0.384. The summed E-state index contributed by atoms with van der Waals surface area (Å²) in [6, 6.07) is 16.7. The Hall–Kier alpha value is -3.26. The summed E-state index contributed by atoms with van der Waals surface area (Å²) in [5, 5.41) is 10.9. The third kappa shape index (κ3) is 4.27. The van der Waals surface area contributed by atoms with Crippen LogP contribution < -0.4 is 4.31 Å². The summed E-state index contributed by atoms with van der Waals surface area (Å²) >= 11 is 0. The quantitative estimate of drug-likeness (QED) is 0.420. The van der Waals surface area contributed by atoms with E-state index in [1.807, 2.05) is 31.2 Å². The van der Waals surface area contributed by atoms with Crippen molar-refractivity contribution in [1.82, 2.24) is 0 Å². The number of aryl methyl sites for hydroxylation is 1. The zero-order valence-electron chi connectivity index (χ0n) is 15.8. The Morgan fingerprint density at radius 1 is 0.931 bits per heavy atom. The molecule has 0 aliphatic carbocycles. The molecule has 29 heavy (non-hydrogen) atoms. The van der Waals surface area contributed by atoms with E-state index >= 15 is 0 Å². The van der Waals surface area contributed by atoms with E-state index in [9.17, 15) is 22.9 Å². The fourth-order valence-corrected chi connectivity index (χ4v) is 4.64. The van der Waals surface area contributed by atoms with Gasteiger partial charge in [0, 0.05) is 12.1 Å². The lowest BCUT2D eigenvalue weighted by Gasteiger charge is -2.31. The lowest BCUT2D eigenvalue weighted by Crippen LogP contribution is -2.33. The number of non-ortho nitro benzene ring substituents is 1. The maximum Gasteiger partial charge on any atom is 0.269 e. The van der Waals surface area contributed by atoms with Crippen LogP contribution in [0.15, 0.2) is 77.7 Å². The monoisotopic (exact) mass is 414 g/mol. The van der Waals surface area contributed by atoms with E-state index in [0.717, 1.165) is 23.3 Å². The van der Waals surface area contributed by atoms with E-state index < -0.39 is 26.8 Å². The van der Waals surface area contributed by atoms with E-state index in [0.29, 0.717) is 0 Å². The minimum Gasteiger partial charge on any atom is -0.259 e. The van der Waals surface area contributed by atoms with Gasteiger partial charge in [0.15, 0.2) is 0 Å². The maximum atomic E-state index is 13.4. The van der Waals surface area contributed by atoms with Crippen molar-refractivity contribution >= 4 is 21.4 Å². The maximum absolute atomic E-state index is 13.4. The third-order valence-corrected chi connectivity index (χ3v) is 6.51. The molecule has 0 aromatic heterocycles. The van der Waals surface area contributed by atoms with Crippen LogP contribution in [-0.4, -0.2) is 13.3 Å². The van der Waals surface area contributed by atoms with Gasteiger partial charge >= 0.3 is 0 Å². The van der Waals surface area contributed by atoms with Crippen LogP contribution >= 0.6 is 0 Å². The second-order valence-electron chi connectivity index (χ2n) is 6.61. The Labute approximate surface area is 168 Å². The van der Waals surface area contributed by atoms with Gasteiger partial charge in [-0.25, -0.2) is 12.8 Å². The Kier molecular flexibility index (Phi) is 5.65. The standard InChI is InChI=1S/C21H19FN2O4S/c1-15-3-5-17(6-4-15)16(2)23(19-9-7-18(22)8-10-19)29(27,28)21-13-11-20(12-14-21)24(25)26/h3-14,16H,1-2H3/t16-/m1/s1. The highest BCUT2D eigenvalue weighted by molar-refractivity contribution is 7.92. The van der Waals surface area contributed by atoms with Crippen molar-refractivity contribution in [2.45, 2.75) is 24.8 Å². The molecule has 0 heterocycles. The van der Waals surface area contributed by atoms with Crippen LogP contribution in [0.1, 0.15) is 24.1 Å². The number of nitro groups is 1. The summed E-state index contributed by atoms with van der Waals surface area (Å²) in [6.45, 7) is 3.66. The molecule has 3 aromatic rings. The molecule has 8 heteroatoms. The van der Waals surface area contributed by atoms with Crippen molar-refractivity contribution in [3.05, 3.63) is 99.9 Å². The molecular formula is C21H19FN2O4S. The molecule has 0 saturated carbocycles. The summed E-state index contributed by atoms with van der Waals surface area (Å²) in [5.74, 6) is -0.482. The molecule has 150 valence electrons. The van der Waals surface area contributed by atoms with Gasteiger partial charge in [0.25, 0.3) is 15.7 Å². The number of hydrogen-bond donors (Lipinski definition) is 0. The van der Waals surface area contributed by atoms with Gasteiger partial charge in [-0.1, -0.05) is 29.8 Å². The number of halogens is 1. The minimum atomic E-state index is -4.08. The molecule has 1 atom stereocenters. The van der Waals surface area contributed by atoms with Gasteiger partial charge in [0.2, 0.25) is 0 Å². The van der Waals surface area contributed by atoms with Crippen LogP contribution in [0, 0.1) is 22.9 Å². The smallest absolute Gasteiger partial charge is 0.259 e. The van der Waals surface area contributed by atoms with Gasteiger partial charge in [-0.3, -0.25) is 14.4 Å². The molecule has 0 N–H and O–H groups in total. The van der Waals surface area contributed by atoms with Gasteiger partial charge in [0.05, 0.1) is 21.5 Å². The Bertz CT molecular complexity index is 1110. The molecule has 0 bridgehead atoms. The SMILES string of the molecule is Cc1ccc([C@@H](C)N(c2ccc(F)cc2)S(=O)(=O)c2ccc([N+](=O)[O-])cc2)cc1. The predicted molar refractivity (Wildman–Crippen MR) is 109 cm³/mol. The number of nitro benzene ring substituents is 1. The first-order valence-electron chi connectivity index (χ1n) is 8.81. The van der Waals surface area contributed by atoms with E-state index in [2.05, 4.69) is 0 Å². The molecule has 0 amide bonds. The number of hydrogen-bond acceptors (Lipinski definition) is 4. The first-order chi connectivity index (χ1) is 13.7. The second kappa shape index (κ2) is 8.00. The van der Waals surface area contributed by atoms with Crippen molar-refractivity contribution < 1.29 is 17.7 Å². The largest absolute Gasteiger partial charge is 0.269 e. The number of anilines is 1. The zero-order valence-corrected chi connectivity index (χ0v) is 16.6. The average Bonchev–Trinajstić information content (AvgIpc) is 2.70. The topological polar surface area (TPSA) is 80.5 Å². The fourth-order valence-electron chi connectivity index (χ4n) is 2.99. The Balaban J connectivity index is 2.11. The van der Waals surface area contributed by atoms with Crippen LogP contribution in [0.2, 0.25) is 0 Å². The van der Waals surface area contributed by atoms with E-state index in [1.54, 1.807) is 6.92 Å². The van der Waals surface area contributed by atoms with E-state index in [-0.39, 0.29) is 16.3 Å². The lowest BCUT2D eigenvalue weighted by atomic mass is 10.1. The van der Waals surface area contributed by atoms with Gasteiger partial charge < -0.3 is 0 Å². The molecule has 3 aromatic carbocycles. The number of nitrogens with zero attached hydrogens (tertiary/aromatic N) is 2. The second-order valence-corrected chi connectivity index (χ2v) is 8.43. The van der Waals surface area contributed by atoms with Crippen molar-refractivity contribution in [3.63, 3.8) is 0 Å². The molecule has 0 spiro atoms. The zero-order chi connectivity index (χ0) is 21.2. The van der Waals surface area contributed by atoms with E-state index in [1.165, 1.54) is 40.7 Å². The van der Waals surface area contributed by atoms with Gasteiger partial charge in [-0.2, -0.15) is 0 Å². The average molecular weight is 414 g/mol. The minimum absolute atomic E-state index is 0.0913. The number of benzene rings is 3. The normalized spacial score (nSPS) is 12.4. The van der Waals surface area contributed by atoms with Crippen molar-refractivity contribution in [3.8, 4) is 0 Å². The third-order valence-electron chi connectivity index (χ3n) is 4.60. The number of sulfonamides is 1. The highest BCUT2D eigenvalue weighted by Gasteiger charge is 2.31. The van der Waals surface area contributed by atoms with Gasteiger partial charge in [0.1, 0.15) is 5.82 Å². The summed E-state index contributed by atoms with van der Waals surface area (Å²) in [5.41, 5.74) is 1.87. The molecule has 0 radical (unpaired) electrons. The molecular weight excluding hydrogens is 395 g/mol. The first kappa shape index (κ1) is 20.5. The van der Waals surface area contributed by atoms with Crippen molar-refractivity contribution in [1.29, 1.82) is 0 Å². The Morgan fingerprint density at radius 2 is 1.48 bits per heavy atom. The molecule has 3 rings (SSSR count). The first-order valence-corrected chi connectivity index (χ1v) is 10.2. The van der Waals surface area contributed by atoms with Crippen molar-refractivity contribution in [2.75, 3.05) is 4.31 Å². The van der Waals surface area contributed by atoms with E-state index in [4.69, 9.17) is 0 Å². The van der Waals surface area contributed by atoms with Gasteiger partial charge in [-0.05, 0) is 55.8 Å². The highest BCUT2D eigenvalue weighted by Crippen LogP contribution is 2.34. The number of rotatable bonds is 6. The van der Waals surface area contributed by atoms with Crippen LogP contribution in [0.3, 0.4) is 0 Å². The van der Waals surface area contributed by atoms with Crippen LogP contribution in [0.25, 0.3) is 0 Å². The van der Waals surface area contributed by atoms with Gasteiger partial charge in [-0.15, -0.1) is 0 Å². The van der Waals surface area contributed by atoms with Crippen LogP contribution in [-0.2, 0) is 10.0 Å². The predicted octanol–water partition coefficient (Wildman–Crippen LogP) is 5.00. The van der Waals surface area contributed by atoms with Crippen LogP contribution in [0.4, 0.5) is 15.8 Å². The summed E-state index contributed by atoms with van der Waals surface area (Å²) in [7, 11) is -4.08. The molecule has 6 nitrogen and oxygen atoms in total.